The molecule has 0 saturated carbocycles. The number of nitrogens with zero attached hydrogens (tertiary/aromatic N) is 3. The minimum absolute atomic E-state index is 0.0376. The Morgan fingerprint density at radius 2 is 2.50 bits per heavy atom. The predicted molar refractivity (Wildman–Crippen MR) is 42.6 cm³/mol. The van der Waals surface area contributed by atoms with Crippen molar-refractivity contribution in [3.8, 4) is 0 Å². The number of nitrogens with one attached hydrogen (secondary N) is 1. The van der Waals surface area contributed by atoms with Crippen LogP contribution in [0.25, 0.3) is 0 Å². The van der Waals surface area contributed by atoms with Crippen LogP contribution in [0.15, 0.2) is 12.5 Å². The molecular weight excluding hydrogens is 156 g/mol. The summed E-state index contributed by atoms with van der Waals surface area (Å²) in [6.07, 6.45) is 2.94. The first kappa shape index (κ1) is 7.02. The van der Waals surface area contributed by atoms with Gasteiger partial charge in [0.2, 0.25) is 0 Å². The van der Waals surface area contributed by atoms with Crippen LogP contribution in [0, 0.1) is 0 Å². The fourth-order valence-electron chi connectivity index (χ4n) is 1.10. The van der Waals surface area contributed by atoms with Gasteiger partial charge in [-0.2, -0.15) is 0 Å². The van der Waals surface area contributed by atoms with Gasteiger partial charge in [-0.1, -0.05) is 0 Å². The van der Waals surface area contributed by atoms with Crippen LogP contribution < -0.4 is 5.32 Å². The summed E-state index contributed by atoms with van der Waals surface area (Å²) in [5.41, 5.74) is 0.534. The Bertz CT molecular complexity index is 325. The van der Waals surface area contributed by atoms with E-state index in [9.17, 15) is 4.79 Å². The second-order valence-electron chi connectivity index (χ2n) is 2.62. The molecule has 0 aliphatic carbocycles. The Kier molecular flexibility index (Phi) is 1.43. The SMILES string of the molecule is CN1CNc2ncncc2C1=O. The van der Waals surface area contributed by atoms with Gasteiger partial charge >= 0.3 is 0 Å². The number of carbonyl (C=O) groups excluding carboxylic acids is 1. The van der Waals surface area contributed by atoms with Gasteiger partial charge in [0.05, 0.1) is 6.67 Å². The standard InChI is InChI=1S/C7H8N4O/c1-11-4-10-6-5(7(11)12)2-8-3-9-6/h2-3H,4H2,1H3,(H,8,9,10). The predicted octanol–water partition coefficient (Wildman–Crippen LogP) is -0.0684. The van der Waals surface area contributed by atoms with Crippen LogP contribution in [-0.2, 0) is 0 Å². The third kappa shape index (κ3) is 0.903. The van der Waals surface area contributed by atoms with Crippen molar-refractivity contribution in [1.29, 1.82) is 0 Å². The molecule has 0 saturated heterocycles. The Morgan fingerprint density at radius 1 is 1.67 bits per heavy atom. The summed E-state index contributed by atoms with van der Waals surface area (Å²) >= 11 is 0. The number of aromatic nitrogens is 2. The van der Waals surface area contributed by atoms with Gasteiger partial charge in [0.25, 0.3) is 5.91 Å². The molecule has 0 atom stereocenters. The summed E-state index contributed by atoms with van der Waals surface area (Å²) in [4.78, 5) is 20.7. The molecule has 0 spiro atoms. The van der Waals surface area contributed by atoms with E-state index in [2.05, 4.69) is 15.3 Å². The van der Waals surface area contributed by atoms with Gasteiger partial charge in [-0.3, -0.25) is 4.79 Å². The maximum Gasteiger partial charge on any atom is 0.260 e. The molecular formula is C7H8N4O. The monoisotopic (exact) mass is 164 g/mol. The van der Waals surface area contributed by atoms with Crippen LogP contribution in [0.2, 0.25) is 0 Å². The van der Waals surface area contributed by atoms with Crippen molar-refractivity contribution >= 4 is 11.7 Å². The van der Waals surface area contributed by atoms with E-state index in [0.29, 0.717) is 18.1 Å². The van der Waals surface area contributed by atoms with E-state index in [4.69, 9.17) is 0 Å². The molecule has 0 aromatic carbocycles. The Labute approximate surface area is 69.4 Å². The molecule has 1 aromatic rings. The smallest absolute Gasteiger partial charge is 0.260 e. The van der Waals surface area contributed by atoms with Crippen LogP contribution in [-0.4, -0.2) is 34.5 Å². The topological polar surface area (TPSA) is 58.1 Å². The molecule has 0 bridgehead atoms. The average Bonchev–Trinajstić information content (AvgIpc) is 2.12. The normalized spacial score (nSPS) is 15.4. The molecule has 1 N–H and O–H groups in total. The fraction of sp³-hybridized carbons (Fsp3) is 0.286. The van der Waals surface area contributed by atoms with Crippen molar-refractivity contribution in [1.82, 2.24) is 14.9 Å². The zero-order chi connectivity index (χ0) is 8.55. The molecule has 2 rings (SSSR count). The van der Waals surface area contributed by atoms with Crippen molar-refractivity contribution in [3.05, 3.63) is 18.1 Å². The zero-order valence-corrected chi connectivity index (χ0v) is 6.61. The molecule has 2 heterocycles. The third-order valence-electron chi connectivity index (χ3n) is 1.77. The summed E-state index contributed by atoms with van der Waals surface area (Å²) in [5, 5.41) is 3.00. The van der Waals surface area contributed by atoms with Crippen molar-refractivity contribution in [2.45, 2.75) is 0 Å². The molecule has 1 amide bonds. The second-order valence-corrected chi connectivity index (χ2v) is 2.62. The molecule has 0 unspecified atom stereocenters. The van der Waals surface area contributed by atoms with Gasteiger partial charge in [-0.05, 0) is 0 Å². The van der Waals surface area contributed by atoms with E-state index in [-0.39, 0.29) is 5.91 Å². The Morgan fingerprint density at radius 3 is 3.33 bits per heavy atom. The van der Waals surface area contributed by atoms with Crippen LogP contribution in [0.4, 0.5) is 5.82 Å². The van der Waals surface area contributed by atoms with Crippen LogP contribution >= 0.6 is 0 Å². The summed E-state index contributed by atoms with van der Waals surface area (Å²) in [6.45, 7) is 0.503. The van der Waals surface area contributed by atoms with E-state index < -0.39 is 0 Å². The average molecular weight is 164 g/mol. The first-order chi connectivity index (χ1) is 5.79. The summed E-state index contributed by atoms with van der Waals surface area (Å²) in [7, 11) is 1.73. The summed E-state index contributed by atoms with van der Waals surface area (Å²) in [6, 6.07) is 0. The van der Waals surface area contributed by atoms with Gasteiger partial charge in [-0.25, -0.2) is 9.97 Å². The maximum absolute atomic E-state index is 11.4. The number of rotatable bonds is 0. The third-order valence-corrected chi connectivity index (χ3v) is 1.77. The van der Waals surface area contributed by atoms with Gasteiger partial charge < -0.3 is 10.2 Å². The molecule has 62 valence electrons. The quantitative estimate of drug-likeness (QED) is 0.583. The number of fused-ring (bicyclic) bond motifs is 1. The highest BCUT2D eigenvalue weighted by Gasteiger charge is 2.21. The summed E-state index contributed by atoms with van der Waals surface area (Å²) < 4.78 is 0. The zero-order valence-electron chi connectivity index (χ0n) is 6.61. The number of anilines is 1. The van der Waals surface area contributed by atoms with E-state index in [0.717, 1.165) is 0 Å². The Balaban J connectivity index is 2.49. The van der Waals surface area contributed by atoms with Gasteiger partial charge in [0, 0.05) is 13.2 Å². The van der Waals surface area contributed by atoms with Crippen molar-refractivity contribution in [2.75, 3.05) is 19.0 Å². The highest BCUT2D eigenvalue weighted by Crippen LogP contribution is 2.15. The van der Waals surface area contributed by atoms with Crippen molar-refractivity contribution < 1.29 is 4.79 Å². The molecule has 1 aromatic heterocycles. The second kappa shape index (κ2) is 2.44. The highest BCUT2D eigenvalue weighted by molar-refractivity contribution is 5.99. The Hall–Kier alpha value is -1.65. The lowest BCUT2D eigenvalue weighted by Gasteiger charge is -2.24. The van der Waals surface area contributed by atoms with Crippen molar-refractivity contribution in [3.63, 3.8) is 0 Å². The lowest BCUT2D eigenvalue weighted by Crippen LogP contribution is -2.37. The first-order valence-electron chi connectivity index (χ1n) is 3.58. The van der Waals surface area contributed by atoms with Crippen molar-refractivity contribution in [2.24, 2.45) is 0 Å². The molecule has 12 heavy (non-hydrogen) atoms. The minimum Gasteiger partial charge on any atom is -0.352 e. The van der Waals surface area contributed by atoms with E-state index >= 15 is 0 Å². The lowest BCUT2D eigenvalue weighted by atomic mass is 10.2. The van der Waals surface area contributed by atoms with Crippen LogP contribution in [0.5, 0.6) is 0 Å². The number of carbonyl (C=O) groups is 1. The fourth-order valence-corrected chi connectivity index (χ4v) is 1.10. The molecule has 0 fully saturated rings. The van der Waals surface area contributed by atoms with Gasteiger partial charge in [0.15, 0.2) is 0 Å². The molecule has 1 aliphatic heterocycles. The first-order valence-corrected chi connectivity index (χ1v) is 3.58. The van der Waals surface area contributed by atoms with Crippen LogP contribution in [0.1, 0.15) is 10.4 Å². The lowest BCUT2D eigenvalue weighted by molar-refractivity contribution is 0.0795. The molecule has 5 nitrogen and oxygen atoms in total. The van der Waals surface area contributed by atoms with Crippen LogP contribution in [0.3, 0.4) is 0 Å². The largest absolute Gasteiger partial charge is 0.352 e. The molecule has 5 heteroatoms. The molecule has 0 radical (unpaired) electrons. The minimum atomic E-state index is -0.0376. The van der Waals surface area contributed by atoms with Gasteiger partial charge in [-0.15, -0.1) is 0 Å². The summed E-state index contributed by atoms with van der Waals surface area (Å²) in [5.74, 6) is 0.581. The number of amides is 1. The van der Waals surface area contributed by atoms with E-state index in [1.54, 1.807) is 11.9 Å². The number of hydrogen-bond donors (Lipinski definition) is 1. The molecule has 1 aliphatic rings. The number of hydrogen-bond acceptors (Lipinski definition) is 4. The maximum atomic E-state index is 11.4. The van der Waals surface area contributed by atoms with E-state index in [1.807, 2.05) is 0 Å². The highest BCUT2D eigenvalue weighted by atomic mass is 16.2. The van der Waals surface area contributed by atoms with E-state index in [1.165, 1.54) is 12.5 Å². The van der Waals surface area contributed by atoms with Gasteiger partial charge in [0.1, 0.15) is 17.7 Å².